The van der Waals surface area contributed by atoms with Crippen LogP contribution in [0.25, 0.3) is 0 Å². The Bertz CT molecular complexity index is 1180. The molecule has 0 aliphatic carbocycles. The standard InChI is InChI=1S/C23H30FN7O2S/c1-16(2)34(32,33)27-22-8-5-9-23(25-22)30-12-17-10-29(11-18(17)13-30)14-19-15-31(28-26-19)21-7-4-3-6-20(21)24/h3-9,15-18,26,28H,10-14H2,1-2H3,(H,25,27). The van der Waals surface area contributed by atoms with Crippen LogP contribution in [0, 0.1) is 17.7 Å². The van der Waals surface area contributed by atoms with Crippen molar-refractivity contribution in [2.75, 3.05) is 47.4 Å². The molecular formula is C23H30FN7O2S. The first-order valence-corrected chi connectivity index (χ1v) is 13.1. The molecule has 11 heteroatoms. The molecule has 0 spiro atoms. The van der Waals surface area contributed by atoms with Gasteiger partial charge in [0.2, 0.25) is 10.0 Å². The molecule has 0 radical (unpaired) electrons. The third kappa shape index (κ3) is 4.68. The molecule has 0 saturated carbocycles. The summed E-state index contributed by atoms with van der Waals surface area (Å²) in [6.07, 6.45) is 1.90. The van der Waals surface area contributed by atoms with Gasteiger partial charge < -0.3 is 10.3 Å². The number of nitrogens with one attached hydrogen (secondary N) is 3. The van der Waals surface area contributed by atoms with Crippen molar-refractivity contribution in [3.8, 4) is 0 Å². The Balaban J connectivity index is 1.17. The van der Waals surface area contributed by atoms with E-state index in [4.69, 9.17) is 0 Å². The van der Waals surface area contributed by atoms with Crippen LogP contribution in [-0.2, 0) is 10.0 Å². The van der Waals surface area contributed by atoms with Gasteiger partial charge in [-0.25, -0.2) is 17.8 Å². The van der Waals surface area contributed by atoms with Gasteiger partial charge in [0.25, 0.3) is 0 Å². The van der Waals surface area contributed by atoms with Gasteiger partial charge in [-0.15, -0.1) is 5.53 Å². The first-order chi connectivity index (χ1) is 16.3. The molecule has 1 aromatic heterocycles. The average Bonchev–Trinajstić information content (AvgIpc) is 3.49. The zero-order valence-corrected chi connectivity index (χ0v) is 20.1. The summed E-state index contributed by atoms with van der Waals surface area (Å²) in [4.78, 5) is 9.21. The molecule has 3 aliphatic rings. The Morgan fingerprint density at radius 2 is 1.82 bits per heavy atom. The van der Waals surface area contributed by atoms with Crippen LogP contribution < -0.4 is 25.6 Å². The predicted octanol–water partition coefficient (Wildman–Crippen LogP) is 2.11. The van der Waals surface area contributed by atoms with Crippen molar-refractivity contribution in [1.29, 1.82) is 0 Å². The van der Waals surface area contributed by atoms with E-state index in [-0.39, 0.29) is 5.82 Å². The molecule has 5 rings (SSSR count). The largest absolute Gasteiger partial charge is 0.356 e. The summed E-state index contributed by atoms with van der Waals surface area (Å²) < 4.78 is 41.0. The van der Waals surface area contributed by atoms with Crippen LogP contribution in [0.2, 0.25) is 0 Å². The molecule has 1 aromatic carbocycles. The zero-order chi connectivity index (χ0) is 23.9. The minimum atomic E-state index is -3.43. The van der Waals surface area contributed by atoms with E-state index in [1.54, 1.807) is 37.1 Å². The molecule has 9 nitrogen and oxygen atoms in total. The van der Waals surface area contributed by atoms with Gasteiger partial charge in [0.05, 0.1) is 16.6 Å². The fourth-order valence-electron chi connectivity index (χ4n) is 4.78. The number of benzene rings is 1. The molecule has 182 valence electrons. The quantitative estimate of drug-likeness (QED) is 0.547. The van der Waals surface area contributed by atoms with Crippen molar-refractivity contribution in [1.82, 2.24) is 20.8 Å². The maximum absolute atomic E-state index is 14.1. The van der Waals surface area contributed by atoms with Gasteiger partial charge >= 0.3 is 0 Å². The molecule has 2 atom stereocenters. The van der Waals surface area contributed by atoms with Gasteiger partial charge in [-0.1, -0.05) is 18.2 Å². The third-order valence-electron chi connectivity index (χ3n) is 6.62. The lowest BCUT2D eigenvalue weighted by Gasteiger charge is -2.23. The first kappa shape index (κ1) is 22.9. The fraction of sp³-hybridized carbons (Fsp3) is 0.435. The highest BCUT2D eigenvalue weighted by Gasteiger charge is 2.40. The Kier molecular flexibility index (Phi) is 6.09. The smallest absolute Gasteiger partial charge is 0.236 e. The molecule has 3 N–H and O–H groups in total. The Labute approximate surface area is 199 Å². The van der Waals surface area contributed by atoms with E-state index >= 15 is 0 Å². The van der Waals surface area contributed by atoms with Gasteiger partial charge in [-0.2, -0.15) is 0 Å². The number of pyridine rings is 1. The van der Waals surface area contributed by atoms with Crippen LogP contribution in [-0.4, -0.2) is 56.3 Å². The highest BCUT2D eigenvalue weighted by atomic mass is 32.2. The van der Waals surface area contributed by atoms with Gasteiger partial charge in [-0.05, 0) is 49.9 Å². The molecule has 2 aromatic rings. The Morgan fingerprint density at radius 3 is 2.53 bits per heavy atom. The van der Waals surface area contributed by atoms with Crippen molar-refractivity contribution in [2.45, 2.75) is 19.1 Å². The van der Waals surface area contributed by atoms with E-state index in [0.29, 0.717) is 23.3 Å². The van der Waals surface area contributed by atoms with Crippen LogP contribution in [0.5, 0.6) is 0 Å². The number of rotatable bonds is 7. The number of hydrazine groups is 2. The van der Waals surface area contributed by atoms with E-state index in [1.807, 2.05) is 24.4 Å². The van der Waals surface area contributed by atoms with Crippen molar-refractivity contribution in [3.05, 3.63) is 60.2 Å². The number of hydrogen-bond acceptors (Lipinski definition) is 8. The topological polar surface area (TPSA) is 92.8 Å². The van der Waals surface area contributed by atoms with E-state index in [1.165, 1.54) is 6.07 Å². The van der Waals surface area contributed by atoms with Gasteiger partial charge in [-0.3, -0.25) is 14.6 Å². The van der Waals surface area contributed by atoms with Crippen molar-refractivity contribution in [3.63, 3.8) is 0 Å². The molecule has 2 fully saturated rings. The lowest BCUT2D eigenvalue weighted by molar-refractivity contribution is 0.335. The number of aromatic nitrogens is 1. The molecule has 4 heterocycles. The number of para-hydroxylation sites is 1. The Morgan fingerprint density at radius 1 is 1.09 bits per heavy atom. The monoisotopic (exact) mass is 487 g/mol. The number of sulfonamides is 1. The SMILES string of the molecule is CC(C)S(=O)(=O)Nc1cccc(N2CC3CN(CC4=CN(c5ccccc5F)NN4)CC3C2)n1. The summed E-state index contributed by atoms with van der Waals surface area (Å²) >= 11 is 0. The van der Waals surface area contributed by atoms with E-state index in [9.17, 15) is 12.8 Å². The molecule has 3 aliphatic heterocycles. The molecule has 2 saturated heterocycles. The predicted molar refractivity (Wildman–Crippen MR) is 131 cm³/mol. The lowest BCUT2D eigenvalue weighted by Crippen LogP contribution is -2.38. The van der Waals surface area contributed by atoms with E-state index < -0.39 is 15.3 Å². The molecule has 34 heavy (non-hydrogen) atoms. The van der Waals surface area contributed by atoms with E-state index in [0.717, 1.165) is 44.2 Å². The van der Waals surface area contributed by atoms with Crippen LogP contribution in [0.4, 0.5) is 21.7 Å². The van der Waals surface area contributed by atoms with Crippen molar-refractivity contribution < 1.29 is 12.8 Å². The number of fused-ring (bicyclic) bond motifs is 1. The van der Waals surface area contributed by atoms with Crippen LogP contribution in [0.3, 0.4) is 0 Å². The molecule has 0 bridgehead atoms. The summed E-state index contributed by atoms with van der Waals surface area (Å²) in [5, 5.41) is 1.14. The molecule has 0 amide bonds. The first-order valence-electron chi connectivity index (χ1n) is 11.5. The highest BCUT2D eigenvalue weighted by molar-refractivity contribution is 7.93. The normalized spacial score (nSPS) is 22.8. The third-order valence-corrected chi connectivity index (χ3v) is 8.35. The molecular weight excluding hydrogens is 457 g/mol. The number of nitrogens with zero attached hydrogens (tertiary/aromatic N) is 4. The fourth-order valence-corrected chi connectivity index (χ4v) is 5.42. The maximum atomic E-state index is 14.1. The van der Waals surface area contributed by atoms with Crippen molar-refractivity contribution >= 4 is 27.3 Å². The maximum Gasteiger partial charge on any atom is 0.236 e. The average molecular weight is 488 g/mol. The van der Waals surface area contributed by atoms with Gasteiger partial charge in [0.15, 0.2) is 0 Å². The van der Waals surface area contributed by atoms with Crippen LogP contribution in [0.15, 0.2) is 54.4 Å². The summed E-state index contributed by atoms with van der Waals surface area (Å²) in [5.74, 6) is 1.93. The lowest BCUT2D eigenvalue weighted by atomic mass is 10.0. The molecule has 2 unspecified atom stereocenters. The minimum Gasteiger partial charge on any atom is -0.356 e. The Hall–Kier alpha value is -2.89. The highest BCUT2D eigenvalue weighted by Crippen LogP contribution is 2.34. The number of anilines is 3. The summed E-state index contributed by atoms with van der Waals surface area (Å²) in [6.45, 7) is 7.77. The van der Waals surface area contributed by atoms with Crippen LogP contribution in [0.1, 0.15) is 13.8 Å². The second-order valence-corrected chi connectivity index (χ2v) is 11.6. The number of likely N-dealkylation sites (tertiary alicyclic amines) is 1. The van der Waals surface area contributed by atoms with E-state index in [2.05, 4.69) is 30.5 Å². The number of hydrogen-bond donors (Lipinski definition) is 3. The second-order valence-electron chi connectivity index (χ2n) is 9.41. The van der Waals surface area contributed by atoms with Gasteiger partial charge in [0, 0.05) is 38.9 Å². The summed E-state index contributed by atoms with van der Waals surface area (Å²) in [5.41, 5.74) is 7.62. The number of halogens is 1. The minimum absolute atomic E-state index is 0.278. The zero-order valence-electron chi connectivity index (χ0n) is 19.3. The van der Waals surface area contributed by atoms with Gasteiger partial charge in [0.1, 0.15) is 17.5 Å². The van der Waals surface area contributed by atoms with Crippen LogP contribution >= 0.6 is 0 Å². The summed E-state index contributed by atoms with van der Waals surface area (Å²) in [6, 6.07) is 12.1. The second kappa shape index (κ2) is 9.05. The summed E-state index contributed by atoms with van der Waals surface area (Å²) in [7, 11) is -3.43. The van der Waals surface area contributed by atoms with Crippen molar-refractivity contribution in [2.24, 2.45) is 11.8 Å².